The van der Waals surface area contributed by atoms with Crippen molar-refractivity contribution in [1.82, 2.24) is 9.80 Å². The zero-order chi connectivity index (χ0) is 14.8. The van der Waals surface area contributed by atoms with Crippen LogP contribution in [0.4, 0.5) is 10.5 Å². The number of aryl methyl sites for hydroxylation is 1. The molecule has 1 rings (SSSR count). The van der Waals surface area contributed by atoms with Gasteiger partial charge in [-0.15, -0.1) is 0 Å². The lowest BCUT2D eigenvalue weighted by atomic mass is 10.1. The minimum absolute atomic E-state index is 0.0254. The Hall–Kier alpha value is -1.55. The monoisotopic (exact) mass is 263 g/mol. The van der Waals surface area contributed by atoms with E-state index in [1.165, 1.54) is 5.56 Å². The molecule has 0 atom stereocenters. The molecule has 19 heavy (non-hydrogen) atoms. The van der Waals surface area contributed by atoms with E-state index in [2.05, 4.69) is 0 Å². The molecule has 2 amide bonds. The number of amides is 2. The molecule has 0 unspecified atom stereocenters. The second-order valence-electron chi connectivity index (χ2n) is 5.74. The molecule has 0 aliphatic heterocycles. The molecule has 0 radical (unpaired) electrons. The lowest BCUT2D eigenvalue weighted by Gasteiger charge is -2.44. The highest BCUT2D eigenvalue weighted by molar-refractivity contribution is 5.93. The Labute approximate surface area is 116 Å². The van der Waals surface area contributed by atoms with Gasteiger partial charge in [0.1, 0.15) is 0 Å². The summed E-state index contributed by atoms with van der Waals surface area (Å²) < 4.78 is 0. The summed E-state index contributed by atoms with van der Waals surface area (Å²) >= 11 is 0. The van der Waals surface area contributed by atoms with Crippen molar-refractivity contribution in [3.05, 3.63) is 29.8 Å². The summed E-state index contributed by atoms with van der Waals surface area (Å²) in [4.78, 5) is 18.0. The normalized spacial score (nSPS) is 11.6. The van der Waals surface area contributed by atoms with E-state index >= 15 is 0 Å². The molecule has 0 aliphatic carbocycles. The highest BCUT2D eigenvalue weighted by Crippen LogP contribution is 2.27. The number of carbonyl (C=O) groups excluding carboxylic acids is 1. The van der Waals surface area contributed by atoms with Crippen molar-refractivity contribution in [1.29, 1.82) is 0 Å². The van der Waals surface area contributed by atoms with Crippen LogP contribution in [0.5, 0.6) is 0 Å². The van der Waals surface area contributed by atoms with Gasteiger partial charge in [0.2, 0.25) is 0 Å². The molecule has 1 aromatic carbocycles. The van der Waals surface area contributed by atoms with Crippen LogP contribution >= 0.6 is 0 Å². The Morgan fingerprint density at radius 3 is 1.84 bits per heavy atom. The fourth-order valence-electron chi connectivity index (χ4n) is 1.75. The summed E-state index contributed by atoms with van der Waals surface area (Å²) in [5.74, 6) is 0. The Morgan fingerprint density at radius 2 is 1.47 bits per heavy atom. The lowest BCUT2D eigenvalue weighted by Crippen LogP contribution is -2.59. The first-order chi connectivity index (χ1) is 8.67. The zero-order valence-corrected chi connectivity index (χ0v) is 13.1. The summed E-state index contributed by atoms with van der Waals surface area (Å²) in [7, 11) is 7.50. The number of rotatable bonds is 3. The van der Waals surface area contributed by atoms with Crippen LogP contribution in [0.2, 0.25) is 0 Å². The van der Waals surface area contributed by atoms with Gasteiger partial charge in [0.25, 0.3) is 0 Å². The number of hydrogen-bond donors (Lipinski definition) is 0. The first kappa shape index (κ1) is 15.5. The topological polar surface area (TPSA) is 26.8 Å². The third kappa shape index (κ3) is 3.26. The highest BCUT2D eigenvalue weighted by Gasteiger charge is 2.35. The van der Waals surface area contributed by atoms with Crippen molar-refractivity contribution < 1.29 is 4.79 Å². The van der Waals surface area contributed by atoms with Gasteiger partial charge in [-0.25, -0.2) is 4.79 Å². The van der Waals surface area contributed by atoms with Gasteiger partial charge in [0.15, 0.2) is 0 Å². The molecule has 0 N–H and O–H groups in total. The molecule has 0 aliphatic rings. The zero-order valence-electron chi connectivity index (χ0n) is 13.1. The maximum atomic E-state index is 12.5. The molecule has 1 aromatic rings. The van der Waals surface area contributed by atoms with Crippen LogP contribution in [-0.2, 0) is 0 Å². The van der Waals surface area contributed by atoms with Gasteiger partial charge < -0.3 is 4.90 Å². The van der Waals surface area contributed by atoms with E-state index in [0.717, 1.165) is 5.69 Å². The second-order valence-corrected chi connectivity index (χ2v) is 5.74. The average molecular weight is 263 g/mol. The molecule has 4 nitrogen and oxygen atoms in total. The van der Waals surface area contributed by atoms with Crippen molar-refractivity contribution in [2.75, 3.05) is 33.1 Å². The van der Waals surface area contributed by atoms with Crippen molar-refractivity contribution >= 4 is 11.7 Å². The summed E-state index contributed by atoms with van der Waals surface area (Å²) in [6.45, 7) is 6.11. The maximum Gasteiger partial charge on any atom is 0.325 e. The highest BCUT2D eigenvalue weighted by atomic mass is 16.2. The number of carbonyl (C=O) groups is 1. The molecular weight excluding hydrogens is 238 g/mol. The largest absolute Gasteiger partial charge is 0.330 e. The Balaban J connectivity index is 3.27. The van der Waals surface area contributed by atoms with Gasteiger partial charge in [0, 0.05) is 19.8 Å². The van der Waals surface area contributed by atoms with E-state index in [1.807, 2.05) is 68.9 Å². The standard InChI is InChI=1S/C15H25N3O/c1-12-8-10-13(11-9-12)18(14(19)16(4)5)15(2,3)17(6)7/h8-11H,1-7H3. The molecule has 0 saturated heterocycles. The third-order valence-electron chi connectivity index (χ3n) is 3.51. The van der Waals surface area contributed by atoms with Gasteiger partial charge in [-0.1, -0.05) is 17.7 Å². The van der Waals surface area contributed by atoms with Gasteiger partial charge in [-0.05, 0) is 47.0 Å². The van der Waals surface area contributed by atoms with E-state index in [-0.39, 0.29) is 6.03 Å². The fraction of sp³-hybridized carbons (Fsp3) is 0.533. The quantitative estimate of drug-likeness (QED) is 0.784. The van der Waals surface area contributed by atoms with Crippen molar-refractivity contribution in [3.8, 4) is 0 Å². The minimum atomic E-state index is -0.406. The molecule has 0 heterocycles. The predicted octanol–water partition coefficient (Wildman–Crippen LogP) is 2.78. The van der Waals surface area contributed by atoms with Crippen LogP contribution in [-0.4, -0.2) is 49.7 Å². The molecule has 0 spiro atoms. The van der Waals surface area contributed by atoms with Crippen molar-refractivity contribution in [3.63, 3.8) is 0 Å². The van der Waals surface area contributed by atoms with Crippen LogP contribution in [0.15, 0.2) is 24.3 Å². The van der Waals surface area contributed by atoms with E-state index in [9.17, 15) is 4.79 Å². The Morgan fingerprint density at radius 1 is 1.00 bits per heavy atom. The molecule has 0 fully saturated rings. The lowest BCUT2D eigenvalue weighted by molar-refractivity contribution is 0.168. The van der Waals surface area contributed by atoms with E-state index < -0.39 is 5.66 Å². The Bertz CT molecular complexity index is 435. The maximum absolute atomic E-state index is 12.5. The van der Waals surface area contributed by atoms with Gasteiger partial charge in [-0.2, -0.15) is 0 Å². The van der Waals surface area contributed by atoms with Crippen molar-refractivity contribution in [2.24, 2.45) is 0 Å². The predicted molar refractivity (Wildman–Crippen MR) is 80.5 cm³/mol. The Kier molecular flexibility index (Phi) is 4.58. The fourth-order valence-corrected chi connectivity index (χ4v) is 1.75. The number of benzene rings is 1. The van der Waals surface area contributed by atoms with Gasteiger partial charge in [-0.3, -0.25) is 9.80 Å². The average Bonchev–Trinajstić information content (AvgIpc) is 2.31. The van der Waals surface area contributed by atoms with Crippen LogP contribution in [0.25, 0.3) is 0 Å². The van der Waals surface area contributed by atoms with E-state index in [0.29, 0.717) is 0 Å². The van der Waals surface area contributed by atoms with Gasteiger partial charge >= 0.3 is 6.03 Å². The summed E-state index contributed by atoms with van der Waals surface area (Å²) in [5.41, 5.74) is 1.68. The smallest absolute Gasteiger partial charge is 0.325 e. The molecule has 4 heteroatoms. The van der Waals surface area contributed by atoms with Gasteiger partial charge in [0.05, 0.1) is 5.66 Å². The van der Waals surface area contributed by atoms with E-state index in [1.54, 1.807) is 19.0 Å². The van der Waals surface area contributed by atoms with Crippen LogP contribution in [0.3, 0.4) is 0 Å². The molecular formula is C15H25N3O. The molecule has 106 valence electrons. The van der Waals surface area contributed by atoms with Crippen LogP contribution in [0, 0.1) is 6.92 Å². The summed E-state index contributed by atoms with van der Waals surface area (Å²) in [6.07, 6.45) is 0. The van der Waals surface area contributed by atoms with Crippen LogP contribution < -0.4 is 4.90 Å². The summed E-state index contributed by atoms with van der Waals surface area (Å²) in [5, 5.41) is 0. The summed E-state index contributed by atoms with van der Waals surface area (Å²) in [6, 6.07) is 8.00. The third-order valence-corrected chi connectivity index (χ3v) is 3.51. The number of anilines is 1. The van der Waals surface area contributed by atoms with E-state index in [4.69, 9.17) is 0 Å². The van der Waals surface area contributed by atoms with Crippen molar-refractivity contribution in [2.45, 2.75) is 26.4 Å². The molecule has 0 bridgehead atoms. The molecule has 0 aromatic heterocycles. The number of hydrogen-bond acceptors (Lipinski definition) is 2. The van der Waals surface area contributed by atoms with Crippen LogP contribution in [0.1, 0.15) is 19.4 Å². The molecule has 0 saturated carbocycles. The second kappa shape index (κ2) is 5.61. The minimum Gasteiger partial charge on any atom is -0.330 e. The first-order valence-electron chi connectivity index (χ1n) is 6.43. The SMILES string of the molecule is Cc1ccc(N(C(=O)N(C)C)C(C)(C)N(C)C)cc1. The number of nitrogens with zero attached hydrogens (tertiary/aromatic N) is 3. The number of urea groups is 1. The first-order valence-corrected chi connectivity index (χ1v) is 6.43.